The molecular weight excluding hydrogens is 333 g/mol. The fourth-order valence-corrected chi connectivity index (χ4v) is 2.53. The number of nitrogen functional groups attached to an aromatic ring is 1. The van der Waals surface area contributed by atoms with Gasteiger partial charge in [0.1, 0.15) is 5.82 Å². The van der Waals surface area contributed by atoms with Crippen LogP contribution in [0.4, 0.5) is 15.8 Å². The highest BCUT2D eigenvalue weighted by Gasteiger charge is 2.07. The van der Waals surface area contributed by atoms with Gasteiger partial charge < -0.3 is 11.1 Å². The van der Waals surface area contributed by atoms with Gasteiger partial charge in [0, 0.05) is 16.4 Å². The molecule has 2 aromatic carbocycles. The number of fused-ring (bicyclic) bond motifs is 1. The van der Waals surface area contributed by atoms with Gasteiger partial charge in [-0.25, -0.2) is 4.39 Å². The average Bonchev–Trinajstić information content (AvgIpc) is 2.48. The van der Waals surface area contributed by atoms with E-state index in [1.54, 1.807) is 18.3 Å². The first-order valence-electron chi connectivity index (χ1n) is 6.45. The second-order valence-corrected chi connectivity index (χ2v) is 5.65. The molecule has 0 saturated heterocycles. The third-order valence-corrected chi connectivity index (χ3v) is 3.74. The van der Waals surface area contributed by atoms with Crippen LogP contribution in [0.2, 0.25) is 0 Å². The standard InChI is InChI=1S/C16H13BrFN3/c17-11-3-6-15-13(7-11)16(14(19)9-20-15)21-8-10-1-4-12(18)5-2-10/h1-7,9H,8,19H2,(H,20,21). The summed E-state index contributed by atoms with van der Waals surface area (Å²) in [5.41, 5.74) is 9.30. The Hall–Kier alpha value is -2.14. The Morgan fingerprint density at radius 2 is 1.90 bits per heavy atom. The SMILES string of the molecule is Nc1cnc2ccc(Br)cc2c1NCc1ccc(F)cc1. The van der Waals surface area contributed by atoms with Gasteiger partial charge in [-0.15, -0.1) is 0 Å². The van der Waals surface area contributed by atoms with Crippen molar-refractivity contribution < 1.29 is 4.39 Å². The van der Waals surface area contributed by atoms with Crippen molar-refractivity contribution in [3.63, 3.8) is 0 Å². The van der Waals surface area contributed by atoms with Gasteiger partial charge in [0.2, 0.25) is 0 Å². The molecule has 0 aliphatic heterocycles. The first-order valence-corrected chi connectivity index (χ1v) is 7.25. The third-order valence-electron chi connectivity index (χ3n) is 3.24. The van der Waals surface area contributed by atoms with Gasteiger partial charge >= 0.3 is 0 Å². The number of hydrogen-bond acceptors (Lipinski definition) is 3. The zero-order chi connectivity index (χ0) is 14.8. The summed E-state index contributed by atoms with van der Waals surface area (Å²) in [4.78, 5) is 4.31. The number of hydrogen-bond donors (Lipinski definition) is 2. The molecule has 3 nitrogen and oxygen atoms in total. The van der Waals surface area contributed by atoms with Crippen LogP contribution in [0.5, 0.6) is 0 Å². The molecule has 3 aromatic rings. The maximum Gasteiger partial charge on any atom is 0.123 e. The number of nitrogens with zero attached hydrogens (tertiary/aromatic N) is 1. The van der Waals surface area contributed by atoms with Gasteiger partial charge in [0.05, 0.1) is 23.1 Å². The fourth-order valence-electron chi connectivity index (χ4n) is 2.17. The Kier molecular flexibility index (Phi) is 3.75. The van der Waals surface area contributed by atoms with Crippen molar-refractivity contribution in [2.24, 2.45) is 0 Å². The van der Waals surface area contributed by atoms with Gasteiger partial charge in [-0.1, -0.05) is 28.1 Å². The van der Waals surface area contributed by atoms with E-state index < -0.39 is 0 Å². The van der Waals surface area contributed by atoms with Crippen molar-refractivity contribution in [3.05, 3.63) is 64.5 Å². The maximum atomic E-state index is 12.9. The van der Waals surface area contributed by atoms with Crippen molar-refractivity contribution in [2.45, 2.75) is 6.54 Å². The van der Waals surface area contributed by atoms with Crippen molar-refractivity contribution in [3.8, 4) is 0 Å². The molecule has 0 fully saturated rings. The molecule has 0 aliphatic carbocycles. The zero-order valence-electron chi connectivity index (χ0n) is 11.1. The van der Waals surface area contributed by atoms with Crippen LogP contribution in [0.15, 0.2) is 53.1 Å². The molecule has 0 amide bonds. The molecule has 0 atom stereocenters. The lowest BCUT2D eigenvalue weighted by Crippen LogP contribution is -2.04. The normalized spacial score (nSPS) is 10.8. The lowest BCUT2D eigenvalue weighted by Gasteiger charge is -2.12. The Bertz CT molecular complexity index is 782. The summed E-state index contributed by atoms with van der Waals surface area (Å²) < 4.78 is 13.9. The zero-order valence-corrected chi connectivity index (χ0v) is 12.7. The molecule has 3 N–H and O–H groups in total. The molecule has 5 heteroatoms. The summed E-state index contributed by atoms with van der Waals surface area (Å²) in [5, 5.41) is 4.26. The van der Waals surface area contributed by atoms with Crippen LogP contribution < -0.4 is 11.1 Å². The average molecular weight is 346 g/mol. The highest BCUT2D eigenvalue weighted by Crippen LogP contribution is 2.30. The Morgan fingerprint density at radius 3 is 2.67 bits per heavy atom. The quantitative estimate of drug-likeness (QED) is 0.742. The van der Waals surface area contributed by atoms with Crippen molar-refractivity contribution in [1.29, 1.82) is 0 Å². The monoisotopic (exact) mass is 345 g/mol. The van der Waals surface area contributed by atoms with Gasteiger partial charge in [-0.05, 0) is 35.9 Å². The van der Waals surface area contributed by atoms with Gasteiger partial charge in [-0.3, -0.25) is 4.98 Å². The minimum atomic E-state index is -0.239. The number of rotatable bonds is 3. The summed E-state index contributed by atoms with van der Waals surface area (Å²) in [6.45, 7) is 0.566. The van der Waals surface area contributed by atoms with E-state index in [2.05, 4.69) is 26.2 Å². The van der Waals surface area contributed by atoms with E-state index in [1.807, 2.05) is 18.2 Å². The second-order valence-electron chi connectivity index (χ2n) is 4.73. The number of pyridine rings is 1. The highest BCUT2D eigenvalue weighted by atomic mass is 79.9. The number of aromatic nitrogens is 1. The molecule has 1 heterocycles. The molecule has 21 heavy (non-hydrogen) atoms. The van der Waals surface area contributed by atoms with Gasteiger partial charge in [0.15, 0.2) is 0 Å². The lowest BCUT2D eigenvalue weighted by molar-refractivity contribution is 0.627. The molecule has 106 valence electrons. The van der Waals surface area contributed by atoms with E-state index in [0.717, 1.165) is 26.6 Å². The summed E-state index contributed by atoms with van der Waals surface area (Å²) in [5.74, 6) is -0.239. The largest absolute Gasteiger partial charge is 0.396 e. The fraction of sp³-hybridized carbons (Fsp3) is 0.0625. The van der Waals surface area contributed by atoms with Crippen molar-refractivity contribution in [1.82, 2.24) is 4.98 Å². The van der Waals surface area contributed by atoms with Crippen molar-refractivity contribution in [2.75, 3.05) is 11.1 Å². The molecular formula is C16H13BrFN3. The van der Waals surface area contributed by atoms with Crippen LogP contribution in [0.25, 0.3) is 10.9 Å². The molecule has 0 radical (unpaired) electrons. The molecule has 0 saturated carbocycles. The van der Waals surface area contributed by atoms with E-state index in [1.165, 1.54) is 12.1 Å². The predicted octanol–water partition coefficient (Wildman–Crippen LogP) is 4.33. The van der Waals surface area contributed by atoms with Gasteiger partial charge in [-0.2, -0.15) is 0 Å². The minimum Gasteiger partial charge on any atom is -0.396 e. The number of benzene rings is 2. The Labute approximate surface area is 130 Å². The summed E-state index contributed by atoms with van der Waals surface area (Å²) in [6.07, 6.45) is 1.64. The van der Waals surface area contributed by atoms with E-state index in [0.29, 0.717) is 12.2 Å². The number of anilines is 2. The summed E-state index contributed by atoms with van der Waals surface area (Å²) >= 11 is 3.46. The smallest absolute Gasteiger partial charge is 0.123 e. The highest BCUT2D eigenvalue weighted by molar-refractivity contribution is 9.10. The third kappa shape index (κ3) is 2.97. The predicted molar refractivity (Wildman–Crippen MR) is 87.6 cm³/mol. The van der Waals surface area contributed by atoms with Crippen LogP contribution in [0.1, 0.15) is 5.56 Å². The topological polar surface area (TPSA) is 50.9 Å². The lowest BCUT2D eigenvalue weighted by atomic mass is 10.1. The molecule has 0 aliphatic rings. The number of nitrogens with two attached hydrogens (primary N) is 1. The first kappa shape index (κ1) is 13.8. The van der Waals surface area contributed by atoms with E-state index in [4.69, 9.17) is 5.73 Å². The molecule has 1 aromatic heterocycles. The van der Waals surface area contributed by atoms with Crippen LogP contribution in [0.3, 0.4) is 0 Å². The molecule has 0 bridgehead atoms. The second kappa shape index (κ2) is 5.69. The summed E-state index contributed by atoms with van der Waals surface area (Å²) in [7, 11) is 0. The minimum absolute atomic E-state index is 0.239. The first-order chi connectivity index (χ1) is 10.1. The molecule has 0 spiro atoms. The van der Waals surface area contributed by atoms with E-state index in [9.17, 15) is 4.39 Å². The van der Waals surface area contributed by atoms with Gasteiger partial charge in [0.25, 0.3) is 0 Å². The van der Waals surface area contributed by atoms with E-state index >= 15 is 0 Å². The van der Waals surface area contributed by atoms with Crippen LogP contribution in [-0.2, 0) is 6.54 Å². The van der Waals surface area contributed by atoms with Crippen LogP contribution in [-0.4, -0.2) is 4.98 Å². The Balaban J connectivity index is 1.94. The van der Waals surface area contributed by atoms with E-state index in [-0.39, 0.29) is 5.82 Å². The van der Waals surface area contributed by atoms with Crippen LogP contribution >= 0.6 is 15.9 Å². The number of nitrogens with one attached hydrogen (secondary N) is 1. The Morgan fingerprint density at radius 1 is 1.14 bits per heavy atom. The summed E-state index contributed by atoms with van der Waals surface area (Å²) in [6, 6.07) is 12.2. The maximum absolute atomic E-state index is 12.9. The number of halogens is 2. The molecule has 3 rings (SSSR count). The van der Waals surface area contributed by atoms with Crippen LogP contribution in [0, 0.1) is 5.82 Å². The van der Waals surface area contributed by atoms with Crippen molar-refractivity contribution >= 4 is 38.2 Å². The molecule has 0 unspecified atom stereocenters.